The molecule has 0 unspecified atom stereocenters. The summed E-state index contributed by atoms with van der Waals surface area (Å²) in [7, 11) is 1.73. The molecule has 27 heavy (non-hydrogen) atoms. The third kappa shape index (κ3) is 3.95. The van der Waals surface area contributed by atoms with Crippen LogP contribution >= 0.6 is 11.8 Å². The highest BCUT2D eigenvalue weighted by molar-refractivity contribution is 7.99. The van der Waals surface area contributed by atoms with E-state index in [9.17, 15) is 19.5 Å². The zero-order chi connectivity index (χ0) is 19.6. The van der Waals surface area contributed by atoms with Gasteiger partial charge in [-0.15, -0.1) is 0 Å². The predicted molar refractivity (Wildman–Crippen MR) is 102 cm³/mol. The third-order valence-electron chi connectivity index (χ3n) is 3.87. The maximum absolute atomic E-state index is 12.7. The average Bonchev–Trinajstić information content (AvgIpc) is 2.83. The standard InChI is InChI=1S/C17H17N5O4S/c1-10-15(16(26)22(21(10)2)11-6-4-3-5-7-11)18-14(25)9-27-17-19-12(23)8-13(24)20-17/h3-8H,9H2,1-2H3,(H,18,25)(H2,19,20,23,24). The number of nitrogens with zero attached hydrogens (tertiary/aromatic N) is 3. The van der Waals surface area contributed by atoms with Crippen molar-refractivity contribution in [2.24, 2.45) is 7.05 Å². The van der Waals surface area contributed by atoms with Crippen LogP contribution < -0.4 is 16.4 Å². The van der Waals surface area contributed by atoms with Crippen LogP contribution in [0, 0.1) is 6.92 Å². The van der Waals surface area contributed by atoms with Crippen molar-refractivity contribution in [2.75, 3.05) is 11.1 Å². The Bertz CT molecular complexity index is 1100. The number of para-hydroxylation sites is 1. The lowest BCUT2D eigenvalue weighted by molar-refractivity contribution is -0.113. The summed E-state index contributed by atoms with van der Waals surface area (Å²) in [6.07, 6.45) is 0. The van der Waals surface area contributed by atoms with E-state index in [0.29, 0.717) is 11.4 Å². The number of aromatic nitrogens is 4. The number of anilines is 1. The van der Waals surface area contributed by atoms with Gasteiger partial charge in [0, 0.05) is 7.05 Å². The van der Waals surface area contributed by atoms with Crippen molar-refractivity contribution in [1.29, 1.82) is 0 Å². The van der Waals surface area contributed by atoms with Gasteiger partial charge in [0.1, 0.15) is 5.69 Å². The Morgan fingerprint density at radius 2 is 2.00 bits per heavy atom. The van der Waals surface area contributed by atoms with Gasteiger partial charge in [-0.2, -0.15) is 4.98 Å². The Labute approximate surface area is 157 Å². The van der Waals surface area contributed by atoms with E-state index in [2.05, 4.69) is 15.3 Å². The SMILES string of the molecule is Cc1c(NC(=O)CSc2nc(O)cc(=O)[nH]2)c(=O)n(-c2ccccc2)n1C. The second-order valence-electron chi connectivity index (χ2n) is 5.68. The van der Waals surface area contributed by atoms with E-state index in [4.69, 9.17) is 0 Å². The molecule has 3 rings (SSSR count). The van der Waals surface area contributed by atoms with Crippen molar-refractivity contribution in [3.63, 3.8) is 0 Å². The van der Waals surface area contributed by atoms with Gasteiger partial charge in [-0.3, -0.25) is 19.1 Å². The van der Waals surface area contributed by atoms with Gasteiger partial charge in [0.15, 0.2) is 5.16 Å². The van der Waals surface area contributed by atoms with Crippen LogP contribution in [-0.2, 0) is 11.8 Å². The minimum absolute atomic E-state index is 0.0918. The van der Waals surface area contributed by atoms with Crippen LogP contribution in [0.4, 0.5) is 5.69 Å². The van der Waals surface area contributed by atoms with Crippen molar-refractivity contribution in [1.82, 2.24) is 19.3 Å². The number of carbonyl (C=O) groups excluding carboxylic acids is 1. The van der Waals surface area contributed by atoms with Gasteiger partial charge >= 0.3 is 0 Å². The minimum Gasteiger partial charge on any atom is -0.493 e. The molecule has 0 aliphatic carbocycles. The molecule has 140 valence electrons. The molecule has 0 aliphatic heterocycles. The molecule has 0 atom stereocenters. The van der Waals surface area contributed by atoms with Crippen molar-refractivity contribution < 1.29 is 9.90 Å². The zero-order valence-corrected chi connectivity index (χ0v) is 15.4. The first-order valence-electron chi connectivity index (χ1n) is 7.94. The highest BCUT2D eigenvalue weighted by Crippen LogP contribution is 2.16. The lowest BCUT2D eigenvalue weighted by atomic mass is 10.3. The highest BCUT2D eigenvalue weighted by atomic mass is 32.2. The molecule has 0 bridgehead atoms. The summed E-state index contributed by atoms with van der Waals surface area (Å²) in [5.74, 6) is -0.950. The normalized spacial score (nSPS) is 10.7. The minimum atomic E-state index is -0.518. The lowest BCUT2D eigenvalue weighted by Crippen LogP contribution is -2.23. The molecule has 9 nitrogen and oxygen atoms in total. The van der Waals surface area contributed by atoms with E-state index < -0.39 is 17.3 Å². The smallest absolute Gasteiger partial charge is 0.295 e. The molecule has 0 saturated carbocycles. The van der Waals surface area contributed by atoms with Crippen LogP contribution in [0.1, 0.15) is 5.69 Å². The number of thioether (sulfide) groups is 1. The van der Waals surface area contributed by atoms with Crippen LogP contribution in [0.5, 0.6) is 5.88 Å². The van der Waals surface area contributed by atoms with E-state index in [1.54, 1.807) is 30.8 Å². The molecule has 0 saturated heterocycles. The number of H-pyrrole nitrogens is 1. The molecule has 0 fully saturated rings. The highest BCUT2D eigenvalue weighted by Gasteiger charge is 2.18. The molecule has 0 radical (unpaired) electrons. The predicted octanol–water partition coefficient (Wildman–Crippen LogP) is 1.00. The van der Waals surface area contributed by atoms with Gasteiger partial charge in [-0.05, 0) is 19.1 Å². The first kappa shape index (κ1) is 18.5. The Balaban J connectivity index is 1.78. The number of rotatable bonds is 5. The van der Waals surface area contributed by atoms with Gasteiger partial charge in [-0.1, -0.05) is 30.0 Å². The molecule has 3 N–H and O–H groups in total. The topological polar surface area (TPSA) is 122 Å². The van der Waals surface area contributed by atoms with Crippen LogP contribution in [-0.4, -0.2) is 36.1 Å². The number of nitrogens with one attached hydrogen (secondary N) is 2. The van der Waals surface area contributed by atoms with Gasteiger partial charge in [0.25, 0.3) is 11.1 Å². The van der Waals surface area contributed by atoms with Crippen molar-refractivity contribution in [3.05, 3.63) is 62.8 Å². The summed E-state index contributed by atoms with van der Waals surface area (Å²) in [6, 6.07) is 10.0. The van der Waals surface area contributed by atoms with Crippen LogP contribution in [0.3, 0.4) is 0 Å². The van der Waals surface area contributed by atoms with Crippen molar-refractivity contribution in [2.45, 2.75) is 12.1 Å². The summed E-state index contributed by atoms with van der Waals surface area (Å²) >= 11 is 0.941. The number of carbonyl (C=O) groups is 1. The molecule has 1 amide bonds. The van der Waals surface area contributed by atoms with E-state index in [-0.39, 0.29) is 22.2 Å². The summed E-state index contributed by atoms with van der Waals surface area (Å²) in [6.45, 7) is 1.73. The second kappa shape index (κ2) is 7.54. The maximum atomic E-state index is 12.7. The Morgan fingerprint density at radius 1 is 1.30 bits per heavy atom. The largest absolute Gasteiger partial charge is 0.493 e. The van der Waals surface area contributed by atoms with Crippen molar-refractivity contribution in [3.8, 4) is 11.6 Å². The lowest BCUT2D eigenvalue weighted by Gasteiger charge is -2.07. The van der Waals surface area contributed by atoms with E-state index >= 15 is 0 Å². The maximum Gasteiger partial charge on any atom is 0.295 e. The summed E-state index contributed by atoms with van der Waals surface area (Å²) < 4.78 is 3.13. The molecular weight excluding hydrogens is 370 g/mol. The monoisotopic (exact) mass is 387 g/mol. The molecule has 2 heterocycles. The number of aromatic hydroxyl groups is 1. The Hall–Kier alpha value is -3.27. The zero-order valence-electron chi connectivity index (χ0n) is 14.6. The molecule has 3 aromatic rings. The molecule has 2 aromatic heterocycles. The quantitative estimate of drug-likeness (QED) is 0.444. The van der Waals surface area contributed by atoms with E-state index in [1.807, 2.05) is 18.2 Å². The first-order valence-corrected chi connectivity index (χ1v) is 8.92. The van der Waals surface area contributed by atoms with E-state index in [1.165, 1.54) is 4.68 Å². The number of hydrogen-bond acceptors (Lipinski definition) is 6. The number of hydrogen-bond donors (Lipinski definition) is 3. The number of amides is 1. The van der Waals surface area contributed by atoms with E-state index in [0.717, 1.165) is 17.8 Å². The van der Waals surface area contributed by atoms with Gasteiger partial charge in [-0.25, -0.2) is 4.68 Å². The summed E-state index contributed by atoms with van der Waals surface area (Å²) in [5.41, 5.74) is 0.610. The van der Waals surface area contributed by atoms with Crippen LogP contribution in [0.15, 0.2) is 51.1 Å². The Kier molecular flexibility index (Phi) is 5.17. The molecular formula is C17H17N5O4S. The fourth-order valence-corrected chi connectivity index (χ4v) is 3.18. The summed E-state index contributed by atoms with van der Waals surface area (Å²) in [4.78, 5) is 42.4. The molecule has 0 aliphatic rings. The van der Waals surface area contributed by atoms with Crippen LogP contribution in [0.2, 0.25) is 0 Å². The van der Waals surface area contributed by atoms with Gasteiger partial charge in [0.05, 0.1) is 23.2 Å². The molecule has 0 spiro atoms. The Morgan fingerprint density at radius 3 is 2.67 bits per heavy atom. The molecule has 10 heteroatoms. The van der Waals surface area contributed by atoms with Gasteiger partial charge < -0.3 is 15.4 Å². The third-order valence-corrected chi connectivity index (χ3v) is 4.74. The fraction of sp³-hybridized carbons (Fsp3) is 0.176. The second-order valence-corrected chi connectivity index (χ2v) is 6.65. The number of aromatic amines is 1. The van der Waals surface area contributed by atoms with Crippen LogP contribution in [0.25, 0.3) is 5.69 Å². The first-order chi connectivity index (χ1) is 12.9. The number of benzene rings is 1. The van der Waals surface area contributed by atoms with Gasteiger partial charge in [0.2, 0.25) is 11.8 Å². The summed E-state index contributed by atoms with van der Waals surface area (Å²) in [5, 5.41) is 12.0. The van der Waals surface area contributed by atoms with Crippen molar-refractivity contribution >= 4 is 23.4 Å². The average molecular weight is 387 g/mol. The molecule has 1 aromatic carbocycles. The fourth-order valence-electron chi connectivity index (χ4n) is 2.51.